The van der Waals surface area contributed by atoms with Crippen LogP contribution >= 0.6 is 0 Å². The Hall–Kier alpha value is -1.32. The quantitative estimate of drug-likeness (QED) is 0.896. The first-order chi connectivity index (χ1) is 9.52. The predicted octanol–water partition coefficient (Wildman–Crippen LogP) is 3.33. The van der Waals surface area contributed by atoms with Crippen molar-refractivity contribution in [2.45, 2.75) is 65.8 Å². The molecule has 1 saturated carbocycles. The Bertz CT molecular complexity index is 450. The summed E-state index contributed by atoms with van der Waals surface area (Å²) in [5, 5.41) is 0. The number of aromatic nitrogens is 2. The van der Waals surface area contributed by atoms with Gasteiger partial charge in [-0.2, -0.15) is 0 Å². The van der Waals surface area contributed by atoms with Gasteiger partial charge in [-0.05, 0) is 25.7 Å². The van der Waals surface area contributed by atoms with Gasteiger partial charge in [-0.25, -0.2) is 9.97 Å². The molecule has 0 atom stereocenters. The first kappa shape index (κ1) is 15.1. The molecule has 0 aromatic carbocycles. The number of hydrogen-bond acceptors (Lipinski definition) is 4. The summed E-state index contributed by atoms with van der Waals surface area (Å²) in [4.78, 5) is 11.7. The Morgan fingerprint density at radius 3 is 2.45 bits per heavy atom. The number of nitrogen functional groups attached to an aromatic ring is 1. The number of anilines is 2. The van der Waals surface area contributed by atoms with E-state index in [9.17, 15) is 0 Å². The minimum atomic E-state index is 0.620. The Kier molecular flexibility index (Phi) is 4.84. The van der Waals surface area contributed by atoms with E-state index in [1.54, 1.807) is 0 Å². The molecule has 0 unspecified atom stereocenters. The standard InChI is InChI=1S/C16H28N4/c1-5-14-18-15(17)12(4)16(19-14)20(10-11(2)3)13-8-6-7-9-13/h11,13H,5-10H2,1-4H3,(H2,17,18,19). The van der Waals surface area contributed by atoms with Gasteiger partial charge in [0.1, 0.15) is 17.5 Å². The van der Waals surface area contributed by atoms with Crippen LogP contribution in [-0.4, -0.2) is 22.6 Å². The molecule has 2 rings (SSSR count). The fourth-order valence-corrected chi connectivity index (χ4v) is 3.02. The molecule has 1 heterocycles. The zero-order valence-corrected chi connectivity index (χ0v) is 13.3. The van der Waals surface area contributed by atoms with E-state index >= 15 is 0 Å². The van der Waals surface area contributed by atoms with Crippen molar-refractivity contribution in [3.05, 3.63) is 11.4 Å². The van der Waals surface area contributed by atoms with Crippen molar-refractivity contribution in [2.75, 3.05) is 17.2 Å². The molecule has 1 aliphatic rings. The fraction of sp³-hybridized carbons (Fsp3) is 0.750. The molecule has 0 amide bonds. The number of nitrogens with two attached hydrogens (primary N) is 1. The zero-order chi connectivity index (χ0) is 14.7. The molecule has 1 fully saturated rings. The highest BCUT2D eigenvalue weighted by Crippen LogP contribution is 2.31. The molecule has 0 aliphatic heterocycles. The predicted molar refractivity (Wildman–Crippen MR) is 85.0 cm³/mol. The molecule has 1 aromatic heterocycles. The summed E-state index contributed by atoms with van der Waals surface area (Å²) in [6.07, 6.45) is 6.05. The number of rotatable bonds is 5. The van der Waals surface area contributed by atoms with Gasteiger partial charge >= 0.3 is 0 Å². The zero-order valence-electron chi connectivity index (χ0n) is 13.3. The van der Waals surface area contributed by atoms with Crippen LogP contribution in [0.5, 0.6) is 0 Å². The van der Waals surface area contributed by atoms with Gasteiger partial charge in [-0.15, -0.1) is 0 Å². The van der Waals surface area contributed by atoms with Crippen LogP contribution in [0, 0.1) is 12.8 Å². The average Bonchev–Trinajstić information content (AvgIpc) is 2.93. The van der Waals surface area contributed by atoms with Crippen LogP contribution in [0.3, 0.4) is 0 Å². The lowest BCUT2D eigenvalue weighted by Gasteiger charge is -2.33. The van der Waals surface area contributed by atoms with Crippen molar-refractivity contribution in [1.29, 1.82) is 0 Å². The van der Waals surface area contributed by atoms with Gasteiger partial charge < -0.3 is 10.6 Å². The van der Waals surface area contributed by atoms with Crippen LogP contribution in [0.15, 0.2) is 0 Å². The molecule has 112 valence electrons. The molecular formula is C16H28N4. The monoisotopic (exact) mass is 276 g/mol. The molecule has 0 saturated heterocycles. The summed E-state index contributed by atoms with van der Waals surface area (Å²) in [6.45, 7) is 9.71. The molecule has 2 N–H and O–H groups in total. The molecule has 4 nitrogen and oxygen atoms in total. The van der Waals surface area contributed by atoms with Crippen LogP contribution in [0.2, 0.25) is 0 Å². The van der Waals surface area contributed by atoms with E-state index in [4.69, 9.17) is 10.7 Å². The molecule has 0 radical (unpaired) electrons. The second kappa shape index (κ2) is 6.42. The highest BCUT2D eigenvalue weighted by molar-refractivity contribution is 5.57. The highest BCUT2D eigenvalue weighted by atomic mass is 15.2. The van der Waals surface area contributed by atoms with E-state index in [1.807, 2.05) is 6.92 Å². The lowest BCUT2D eigenvalue weighted by atomic mass is 10.1. The molecule has 20 heavy (non-hydrogen) atoms. The largest absolute Gasteiger partial charge is 0.383 e. The Morgan fingerprint density at radius 2 is 1.90 bits per heavy atom. The second-order valence-electron chi connectivity index (χ2n) is 6.31. The molecule has 0 bridgehead atoms. The summed E-state index contributed by atoms with van der Waals surface area (Å²) in [5.41, 5.74) is 7.12. The van der Waals surface area contributed by atoms with Crippen molar-refractivity contribution in [3.8, 4) is 0 Å². The second-order valence-corrected chi connectivity index (χ2v) is 6.31. The third kappa shape index (κ3) is 3.22. The van der Waals surface area contributed by atoms with Gasteiger partial charge in [0.2, 0.25) is 0 Å². The fourth-order valence-electron chi connectivity index (χ4n) is 3.02. The summed E-state index contributed by atoms with van der Waals surface area (Å²) in [7, 11) is 0. The maximum atomic E-state index is 6.09. The van der Waals surface area contributed by atoms with Gasteiger partial charge in [0.05, 0.1) is 0 Å². The number of hydrogen-bond donors (Lipinski definition) is 1. The van der Waals surface area contributed by atoms with E-state index in [0.29, 0.717) is 17.8 Å². The molecule has 4 heteroatoms. The van der Waals surface area contributed by atoms with Crippen molar-refractivity contribution >= 4 is 11.6 Å². The topological polar surface area (TPSA) is 55.0 Å². The smallest absolute Gasteiger partial charge is 0.137 e. The van der Waals surface area contributed by atoms with Crippen molar-refractivity contribution in [1.82, 2.24) is 9.97 Å². The van der Waals surface area contributed by atoms with Crippen LogP contribution in [0.1, 0.15) is 57.8 Å². The minimum absolute atomic E-state index is 0.620. The lowest BCUT2D eigenvalue weighted by Crippen LogP contribution is -2.38. The summed E-state index contributed by atoms with van der Waals surface area (Å²) in [6, 6.07) is 0.620. The number of aryl methyl sites for hydroxylation is 1. The summed E-state index contributed by atoms with van der Waals surface area (Å²) < 4.78 is 0. The van der Waals surface area contributed by atoms with Gasteiger partial charge in [-0.1, -0.05) is 33.6 Å². The van der Waals surface area contributed by atoms with Gasteiger partial charge in [-0.3, -0.25) is 0 Å². The Balaban J connectivity index is 2.38. The maximum absolute atomic E-state index is 6.09. The van der Waals surface area contributed by atoms with Crippen LogP contribution in [-0.2, 0) is 6.42 Å². The van der Waals surface area contributed by atoms with E-state index in [2.05, 4.69) is 30.7 Å². The first-order valence-corrected chi connectivity index (χ1v) is 7.92. The molecular weight excluding hydrogens is 248 g/mol. The van der Waals surface area contributed by atoms with Crippen molar-refractivity contribution in [3.63, 3.8) is 0 Å². The lowest BCUT2D eigenvalue weighted by molar-refractivity contribution is 0.529. The summed E-state index contributed by atoms with van der Waals surface area (Å²) in [5.74, 6) is 3.18. The third-order valence-electron chi connectivity index (χ3n) is 4.12. The van der Waals surface area contributed by atoms with Crippen molar-refractivity contribution < 1.29 is 0 Å². The normalized spacial score (nSPS) is 16.1. The molecule has 1 aliphatic carbocycles. The first-order valence-electron chi connectivity index (χ1n) is 7.92. The van der Waals surface area contributed by atoms with Crippen molar-refractivity contribution in [2.24, 2.45) is 5.92 Å². The summed E-state index contributed by atoms with van der Waals surface area (Å²) >= 11 is 0. The maximum Gasteiger partial charge on any atom is 0.137 e. The van der Waals surface area contributed by atoms with E-state index in [0.717, 1.165) is 30.2 Å². The van der Waals surface area contributed by atoms with Gasteiger partial charge in [0.15, 0.2) is 0 Å². The minimum Gasteiger partial charge on any atom is -0.383 e. The van der Waals surface area contributed by atoms with E-state index in [-0.39, 0.29) is 0 Å². The van der Waals surface area contributed by atoms with Crippen LogP contribution in [0.4, 0.5) is 11.6 Å². The number of nitrogens with zero attached hydrogens (tertiary/aromatic N) is 3. The molecule has 1 aromatic rings. The Labute approximate surface area is 122 Å². The van der Waals surface area contributed by atoms with Crippen LogP contribution in [0.25, 0.3) is 0 Å². The van der Waals surface area contributed by atoms with Gasteiger partial charge in [0.25, 0.3) is 0 Å². The highest BCUT2D eigenvalue weighted by Gasteiger charge is 2.26. The van der Waals surface area contributed by atoms with E-state index in [1.165, 1.54) is 25.7 Å². The SMILES string of the molecule is CCc1nc(N)c(C)c(N(CC(C)C)C2CCCC2)n1. The Morgan fingerprint density at radius 1 is 1.25 bits per heavy atom. The average molecular weight is 276 g/mol. The van der Waals surface area contributed by atoms with Crippen LogP contribution < -0.4 is 10.6 Å². The molecule has 0 spiro atoms. The van der Waals surface area contributed by atoms with E-state index < -0.39 is 0 Å². The van der Waals surface area contributed by atoms with Gasteiger partial charge in [0, 0.05) is 24.6 Å². The third-order valence-corrected chi connectivity index (χ3v) is 4.12.